The number of aromatic nitrogens is 1. The predicted octanol–water partition coefficient (Wildman–Crippen LogP) is 5.33. The van der Waals surface area contributed by atoms with E-state index in [1.165, 1.54) is 29.8 Å². The van der Waals surface area contributed by atoms with E-state index in [-0.39, 0.29) is 16.4 Å². The maximum absolute atomic E-state index is 12.3. The van der Waals surface area contributed by atoms with Gasteiger partial charge in [-0.05, 0) is 59.6 Å². The van der Waals surface area contributed by atoms with Gasteiger partial charge in [0.25, 0.3) is 11.6 Å². The summed E-state index contributed by atoms with van der Waals surface area (Å²) in [5, 5.41) is 16.5. The van der Waals surface area contributed by atoms with Crippen molar-refractivity contribution in [2.75, 3.05) is 0 Å². The molecular weight excluding hydrogens is 452 g/mol. The second kappa shape index (κ2) is 9.80. The fourth-order valence-corrected chi connectivity index (χ4v) is 3.52. The Morgan fingerprint density at radius 2 is 1.88 bits per heavy atom. The number of fused-ring (bicyclic) bond motifs is 1. The van der Waals surface area contributed by atoms with Crippen LogP contribution in [0.1, 0.15) is 41.3 Å². The van der Waals surface area contributed by atoms with Crippen LogP contribution in [-0.2, 0) is 6.54 Å². The van der Waals surface area contributed by atoms with Crippen LogP contribution in [0.4, 0.5) is 5.69 Å². The van der Waals surface area contributed by atoms with Crippen molar-refractivity contribution >= 4 is 40.0 Å². The zero-order valence-corrected chi connectivity index (χ0v) is 19.4. The lowest BCUT2D eigenvalue weighted by atomic mass is 10.0. The van der Waals surface area contributed by atoms with Gasteiger partial charge in [-0.25, -0.2) is 4.98 Å². The van der Waals surface area contributed by atoms with Crippen molar-refractivity contribution in [1.82, 2.24) is 15.6 Å². The van der Waals surface area contributed by atoms with E-state index in [0.29, 0.717) is 18.4 Å². The molecule has 4 aromatic rings. The highest BCUT2D eigenvalue weighted by Crippen LogP contribution is 2.27. The van der Waals surface area contributed by atoms with Gasteiger partial charge in [0.05, 0.1) is 4.92 Å². The van der Waals surface area contributed by atoms with Gasteiger partial charge in [0.1, 0.15) is 5.52 Å². The topological polar surface area (TPSA) is 110 Å². The van der Waals surface area contributed by atoms with Crippen LogP contribution < -0.4 is 10.6 Å². The Labute approximate surface area is 201 Å². The third-order valence-corrected chi connectivity index (χ3v) is 5.52. The molecule has 34 heavy (non-hydrogen) atoms. The molecule has 8 nitrogen and oxygen atoms in total. The summed E-state index contributed by atoms with van der Waals surface area (Å²) < 4.78 is 5.90. The fraction of sp³-hybridized carbons (Fsp3) is 0.160. The van der Waals surface area contributed by atoms with E-state index in [1.807, 2.05) is 36.4 Å². The Morgan fingerprint density at radius 3 is 2.59 bits per heavy atom. The number of non-ortho nitro benzene ring substituents is 1. The Bertz CT molecular complexity index is 1380. The molecule has 2 N–H and O–H groups in total. The number of carbonyl (C=O) groups excluding carboxylic acids is 1. The monoisotopic (exact) mass is 474 g/mol. The molecule has 3 aromatic carbocycles. The molecule has 0 radical (unpaired) electrons. The van der Waals surface area contributed by atoms with E-state index >= 15 is 0 Å². The van der Waals surface area contributed by atoms with Crippen molar-refractivity contribution in [2.45, 2.75) is 26.3 Å². The molecule has 1 amide bonds. The molecule has 1 heterocycles. The summed E-state index contributed by atoms with van der Waals surface area (Å²) in [5.74, 6) is 0.446. The van der Waals surface area contributed by atoms with E-state index in [1.54, 1.807) is 0 Å². The van der Waals surface area contributed by atoms with Crippen molar-refractivity contribution in [3.8, 4) is 11.5 Å². The first-order valence-electron chi connectivity index (χ1n) is 10.6. The van der Waals surface area contributed by atoms with Crippen molar-refractivity contribution in [3.63, 3.8) is 0 Å². The van der Waals surface area contributed by atoms with Gasteiger partial charge in [-0.3, -0.25) is 20.2 Å². The van der Waals surface area contributed by atoms with Crippen molar-refractivity contribution in [3.05, 3.63) is 93.5 Å². The van der Waals surface area contributed by atoms with Crippen LogP contribution in [0.15, 0.2) is 71.1 Å². The first-order valence-corrected chi connectivity index (χ1v) is 11.0. The minimum absolute atomic E-state index is 0.125. The second-order valence-corrected chi connectivity index (χ2v) is 8.45. The zero-order valence-electron chi connectivity index (χ0n) is 18.6. The Hall–Kier alpha value is -4.11. The van der Waals surface area contributed by atoms with Gasteiger partial charge in [-0.15, -0.1) is 0 Å². The SMILES string of the molecule is CC(C)c1ccc2oc(-c3ccc(CNC(=S)NC(=O)c4cccc([N+](=O)[O-])c4)cc3)nc2c1. The Kier molecular flexibility index (Phi) is 6.65. The summed E-state index contributed by atoms with van der Waals surface area (Å²) >= 11 is 5.18. The van der Waals surface area contributed by atoms with Gasteiger partial charge in [0.2, 0.25) is 5.89 Å². The lowest BCUT2D eigenvalue weighted by Crippen LogP contribution is -2.38. The number of nitrogens with zero attached hydrogens (tertiary/aromatic N) is 2. The molecule has 0 aliphatic carbocycles. The molecule has 0 saturated heterocycles. The maximum atomic E-state index is 12.3. The number of nitro benzene ring substituents is 1. The molecule has 0 aliphatic rings. The molecule has 0 bridgehead atoms. The van der Waals surface area contributed by atoms with Gasteiger partial charge in [0, 0.05) is 29.8 Å². The predicted molar refractivity (Wildman–Crippen MR) is 134 cm³/mol. The third-order valence-electron chi connectivity index (χ3n) is 5.28. The van der Waals surface area contributed by atoms with E-state index in [9.17, 15) is 14.9 Å². The summed E-state index contributed by atoms with van der Waals surface area (Å²) in [7, 11) is 0. The number of hydrogen-bond donors (Lipinski definition) is 2. The van der Waals surface area contributed by atoms with Crippen molar-refractivity contribution in [1.29, 1.82) is 0 Å². The minimum atomic E-state index is -0.555. The molecule has 9 heteroatoms. The highest BCUT2D eigenvalue weighted by molar-refractivity contribution is 7.80. The van der Waals surface area contributed by atoms with Crippen LogP contribution in [0, 0.1) is 10.1 Å². The van der Waals surface area contributed by atoms with Crippen LogP contribution in [0.25, 0.3) is 22.6 Å². The first-order chi connectivity index (χ1) is 16.3. The lowest BCUT2D eigenvalue weighted by Gasteiger charge is -2.10. The Morgan fingerprint density at radius 1 is 1.12 bits per heavy atom. The van der Waals surface area contributed by atoms with E-state index in [2.05, 4.69) is 35.5 Å². The molecule has 0 spiro atoms. The van der Waals surface area contributed by atoms with E-state index in [4.69, 9.17) is 16.6 Å². The van der Waals surface area contributed by atoms with E-state index < -0.39 is 10.8 Å². The van der Waals surface area contributed by atoms with Crippen LogP contribution in [0.5, 0.6) is 0 Å². The molecule has 0 fully saturated rings. The Balaban J connectivity index is 1.36. The summed E-state index contributed by atoms with van der Waals surface area (Å²) in [6.07, 6.45) is 0. The van der Waals surface area contributed by atoms with Crippen LogP contribution in [0.2, 0.25) is 0 Å². The van der Waals surface area contributed by atoms with Gasteiger partial charge < -0.3 is 9.73 Å². The maximum Gasteiger partial charge on any atom is 0.270 e. The minimum Gasteiger partial charge on any atom is -0.436 e. The average Bonchev–Trinajstić information content (AvgIpc) is 3.26. The van der Waals surface area contributed by atoms with Gasteiger partial charge in [-0.2, -0.15) is 0 Å². The quantitative estimate of drug-likeness (QED) is 0.221. The van der Waals surface area contributed by atoms with Gasteiger partial charge in [0.15, 0.2) is 10.7 Å². The lowest BCUT2D eigenvalue weighted by molar-refractivity contribution is -0.384. The fourth-order valence-electron chi connectivity index (χ4n) is 3.35. The summed E-state index contributed by atoms with van der Waals surface area (Å²) in [5.41, 5.74) is 4.57. The first kappa shape index (κ1) is 23.1. The number of oxazole rings is 1. The molecule has 0 saturated carbocycles. The largest absolute Gasteiger partial charge is 0.436 e. The number of thiocarbonyl (C=S) groups is 1. The standard InChI is InChI=1S/C25H22N4O4S/c1-15(2)18-10-11-22-21(13-18)27-24(33-22)17-8-6-16(7-9-17)14-26-25(34)28-23(30)19-4-3-5-20(12-19)29(31)32/h3-13,15H,14H2,1-2H3,(H2,26,28,30,34). The van der Waals surface area contributed by atoms with Gasteiger partial charge >= 0.3 is 0 Å². The highest BCUT2D eigenvalue weighted by atomic mass is 32.1. The molecule has 0 aliphatic heterocycles. The number of carbonyl (C=O) groups is 1. The van der Waals surface area contributed by atoms with Gasteiger partial charge in [-0.1, -0.05) is 38.1 Å². The van der Waals surface area contributed by atoms with Crippen LogP contribution in [-0.4, -0.2) is 20.9 Å². The van der Waals surface area contributed by atoms with Crippen molar-refractivity contribution < 1.29 is 14.1 Å². The molecular formula is C25H22N4O4S. The highest BCUT2D eigenvalue weighted by Gasteiger charge is 2.13. The van der Waals surface area contributed by atoms with Crippen LogP contribution >= 0.6 is 12.2 Å². The zero-order chi connectivity index (χ0) is 24.2. The van der Waals surface area contributed by atoms with Crippen molar-refractivity contribution in [2.24, 2.45) is 0 Å². The van der Waals surface area contributed by atoms with E-state index in [0.717, 1.165) is 22.2 Å². The second-order valence-electron chi connectivity index (χ2n) is 8.04. The molecule has 0 unspecified atom stereocenters. The number of amides is 1. The average molecular weight is 475 g/mol. The summed E-state index contributed by atoms with van der Waals surface area (Å²) in [4.78, 5) is 27.2. The molecule has 172 valence electrons. The number of rotatable bonds is 6. The number of nitro groups is 1. The third kappa shape index (κ3) is 5.26. The van der Waals surface area contributed by atoms with Crippen LogP contribution in [0.3, 0.4) is 0 Å². The molecule has 4 rings (SSSR count). The molecule has 0 atom stereocenters. The summed E-state index contributed by atoms with van der Waals surface area (Å²) in [6.45, 7) is 4.67. The number of benzene rings is 3. The number of hydrogen-bond acceptors (Lipinski definition) is 6. The molecule has 1 aromatic heterocycles. The number of nitrogens with one attached hydrogen (secondary N) is 2. The normalized spacial score (nSPS) is 10.9. The summed E-state index contributed by atoms with van der Waals surface area (Å²) in [6, 6.07) is 19.2. The smallest absolute Gasteiger partial charge is 0.270 e.